The normalized spacial score (nSPS) is 11.0. The Morgan fingerprint density at radius 1 is 1.05 bits per heavy atom. The van der Waals surface area contributed by atoms with E-state index in [4.69, 9.17) is 16.3 Å². The minimum absolute atomic E-state index is 0.398. The lowest BCUT2D eigenvalue weighted by atomic mass is 10.1. The fraction of sp³-hybridized carbons (Fsp3) is 0.333. The molecule has 0 unspecified atom stereocenters. The molecule has 0 aliphatic rings. The maximum absolute atomic E-state index is 6.33. The van der Waals surface area contributed by atoms with Gasteiger partial charge in [-0.05, 0) is 43.2 Å². The number of nitrogens with one attached hydrogen (secondary N) is 1. The van der Waals surface area contributed by atoms with Crippen LogP contribution in [0.1, 0.15) is 30.5 Å². The number of aryl methyl sites for hydroxylation is 1. The van der Waals surface area contributed by atoms with E-state index in [0.717, 1.165) is 27.6 Å². The highest BCUT2D eigenvalue weighted by molar-refractivity contribution is 6.31. The highest BCUT2D eigenvalue weighted by atomic mass is 35.5. The smallest absolute Gasteiger partial charge is 0.133 e. The van der Waals surface area contributed by atoms with Gasteiger partial charge >= 0.3 is 0 Å². The summed E-state index contributed by atoms with van der Waals surface area (Å²) >= 11 is 6.33. The average Bonchev–Trinajstić information content (AvgIpc) is 2.43. The van der Waals surface area contributed by atoms with Gasteiger partial charge < -0.3 is 10.1 Å². The van der Waals surface area contributed by atoms with Crippen LogP contribution >= 0.6 is 11.6 Å². The average molecular weight is 304 g/mol. The van der Waals surface area contributed by atoms with Crippen molar-refractivity contribution in [1.82, 2.24) is 5.32 Å². The summed E-state index contributed by atoms with van der Waals surface area (Å²) in [5.74, 6) is 1.69. The third-order valence-corrected chi connectivity index (χ3v) is 3.89. The van der Waals surface area contributed by atoms with E-state index in [0.29, 0.717) is 12.6 Å². The van der Waals surface area contributed by atoms with Gasteiger partial charge in [-0.25, -0.2) is 0 Å². The Balaban J connectivity index is 2.31. The van der Waals surface area contributed by atoms with Crippen molar-refractivity contribution in [2.24, 2.45) is 0 Å². The molecule has 0 aromatic heterocycles. The molecule has 0 radical (unpaired) electrons. The van der Waals surface area contributed by atoms with Gasteiger partial charge in [0.15, 0.2) is 0 Å². The van der Waals surface area contributed by atoms with Crippen LogP contribution in [0.25, 0.3) is 0 Å². The van der Waals surface area contributed by atoms with Crippen LogP contribution in [0.5, 0.6) is 11.5 Å². The van der Waals surface area contributed by atoms with Crippen molar-refractivity contribution in [1.29, 1.82) is 0 Å². The van der Waals surface area contributed by atoms with Crippen molar-refractivity contribution >= 4 is 11.6 Å². The molecule has 0 bridgehead atoms. The summed E-state index contributed by atoms with van der Waals surface area (Å²) in [5, 5.41) is 4.12. The molecule has 112 valence electrons. The largest absolute Gasteiger partial charge is 0.457 e. The number of hydrogen-bond acceptors (Lipinski definition) is 2. The molecule has 0 spiro atoms. The van der Waals surface area contributed by atoms with Gasteiger partial charge in [-0.3, -0.25) is 0 Å². The Labute approximate surface area is 132 Å². The second-order valence-corrected chi connectivity index (χ2v) is 5.96. The number of rotatable bonds is 5. The zero-order valence-corrected chi connectivity index (χ0v) is 13.8. The summed E-state index contributed by atoms with van der Waals surface area (Å²) in [7, 11) is 0. The second kappa shape index (κ2) is 6.97. The fourth-order valence-corrected chi connectivity index (χ4v) is 2.30. The maximum atomic E-state index is 6.33. The van der Waals surface area contributed by atoms with Crippen LogP contribution in [-0.2, 0) is 6.54 Å². The van der Waals surface area contributed by atoms with Crippen LogP contribution in [-0.4, -0.2) is 6.04 Å². The molecule has 0 fully saturated rings. The van der Waals surface area contributed by atoms with Crippen LogP contribution < -0.4 is 10.1 Å². The van der Waals surface area contributed by atoms with Crippen LogP contribution in [0.2, 0.25) is 5.02 Å². The Morgan fingerprint density at radius 3 is 2.43 bits per heavy atom. The van der Waals surface area contributed by atoms with E-state index < -0.39 is 0 Å². The summed E-state index contributed by atoms with van der Waals surface area (Å²) in [4.78, 5) is 0. The van der Waals surface area contributed by atoms with Gasteiger partial charge in [0.2, 0.25) is 0 Å². The first-order valence-corrected chi connectivity index (χ1v) is 7.61. The molecule has 0 heterocycles. The molecule has 2 rings (SSSR count). The first kappa shape index (κ1) is 15.9. The zero-order valence-electron chi connectivity index (χ0n) is 13.0. The molecule has 2 aromatic rings. The van der Waals surface area contributed by atoms with E-state index in [1.54, 1.807) is 0 Å². The molecular formula is C18H22ClNO. The first-order valence-electron chi connectivity index (χ1n) is 7.24. The second-order valence-electron chi connectivity index (χ2n) is 5.55. The standard InChI is InChI=1S/C18H22ClNO/c1-12(2)20-11-15-16(19)8-6-10-18(15)21-17-9-5-7-13(3)14(17)4/h5-10,12,20H,11H2,1-4H3. The lowest BCUT2D eigenvalue weighted by Crippen LogP contribution is -2.22. The zero-order chi connectivity index (χ0) is 15.4. The summed E-state index contributed by atoms with van der Waals surface area (Å²) in [6.07, 6.45) is 0. The van der Waals surface area contributed by atoms with Gasteiger partial charge in [-0.2, -0.15) is 0 Å². The number of ether oxygens (including phenoxy) is 1. The highest BCUT2D eigenvalue weighted by Crippen LogP contribution is 2.32. The molecule has 0 saturated heterocycles. The van der Waals surface area contributed by atoms with Crippen LogP contribution in [0, 0.1) is 13.8 Å². The van der Waals surface area contributed by atoms with E-state index in [2.05, 4.69) is 39.1 Å². The molecule has 2 aromatic carbocycles. The van der Waals surface area contributed by atoms with E-state index in [-0.39, 0.29) is 0 Å². The Hall–Kier alpha value is -1.51. The van der Waals surface area contributed by atoms with Gasteiger partial charge in [0.25, 0.3) is 0 Å². The summed E-state index contributed by atoms with van der Waals surface area (Å²) in [6.45, 7) is 9.07. The van der Waals surface area contributed by atoms with Crippen molar-refractivity contribution in [2.75, 3.05) is 0 Å². The van der Waals surface area contributed by atoms with E-state index >= 15 is 0 Å². The summed E-state index contributed by atoms with van der Waals surface area (Å²) in [5.41, 5.74) is 3.37. The SMILES string of the molecule is Cc1cccc(Oc2cccc(Cl)c2CNC(C)C)c1C. The Bertz CT molecular complexity index is 623. The topological polar surface area (TPSA) is 21.3 Å². The molecule has 21 heavy (non-hydrogen) atoms. The van der Waals surface area contributed by atoms with Crippen LogP contribution in [0.3, 0.4) is 0 Å². The predicted molar refractivity (Wildman–Crippen MR) is 89.4 cm³/mol. The number of halogens is 1. The van der Waals surface area contributed by atoms with E-state index in [9.17, 15) is 0 Å². The molecule has 0 amide bonds. The third kappa shape index (κ3) is 3.99. The molecular weight excluding hydrogens is 282 g/mol. The van der Waals surface area contributed by atoms with Crippen LogP contribution in [0.4, 0.5) is 0 Å². The van der Waals surface area contributed by atoms with E-state index in [1.807, 2.05) is 30.3 Å². The van der Waals surface area contributed by atoms with Gasteiger partial charge in [-0.15, -0.1) is 0 Å². The van der Waals surface area contributed by atoms with E-state index in [1.165, 1.54) is 5.56 Å². The maximum Gasteiger partial charge on any atom is 0.133 e. The van der Waals surface area contributed by atoms with Crippen molar-refractivity contribution in [3.05, 3.63) is 58.1 Å². The van der Waals surface area contributed by atoms with Gasteiger partial charge in [0.05, 0.1) is 0 Å². The van der Waals surface area contributed by atoms with Gasteiger partial charge in [0.1, 0.15) is 11.5 Å². The number of hydrogen-bond donors (Lipinski definition) is 1. The molecule has 2 nitrogen and oxygen atoms in total. The first-order chi connectivity index (χ1) is 9.99. The lowest BCUT2D eigenvalue weighted by molar-refractivity contribution is 0.466. The molecule has 3 heteroatoms. The molecule has 0 aliphatic carbocycles. The van der Waals surface area contributed by atoms with Crippen LogP contribution in [0.15, 0.2) is 36.4 Å². The Morgan fingerprint density at radius 2 is 1.71 bits per heavy atom. The summed E-state index contributed by atoms with van der Waals surface area (Å²) < 4.78 is 6.11. The summed E-state index contributed by atoms with van der Waals surface area (Å²) in [6, 6.07) is 12.3. The monoisotopic (exact) mass is 303 g/mol. The minimum atomic E-state index is 0.398. The predicted octanol–water partition coefficient (Wildman–Crippen LogP) is 5.25. The molecule has 0 saturated carbocycles. The van der Waals surface area contributed by atoms with Crippen molar-refractivity contribution < 1.29 is 4.74 Å². The van der Waals surface area contributed by atoms with Crippen molar-refractivity contribution in [3.8, 4) is 11.5 Å². The quantitative estimate of drug-likeness (QED) is 0.815. The Kier molecular flexibility index (Phi) is 5.27. The highest BCUT2D eigenvalue weighted by Gasteiger charge is 2.11. The molecule has 0 atom stereocenters. The number of benzene rings is 2. The van der Waals surface area contributed by atoms with Gasteiger partial charge in [-0.1, -0.05) is 43.6 Å². The third-order valence-electron chi connectivity index (χ3n) is 3.54. The fourth-order valence-electron chi connectivity index (χ4n) is 2.07. The van der Waals surface area contributed by atoms with Crippen molar-refractivity contribution in [3.63, 3.8) is 0 Å². The molecule has 1 N–H and O–H groups in total. The molecule has 0 aliphatic heterocycles. The van der Waals surface area contributed by atoms with Crippen molar-refractivity contribution in [2.45, 2.75) is 40.3 Å². The van der Waals surface area contributed by atoms with Gasteiger partial charge in [0, 0.05) is 23.2 Å². The minimum Gasteiger partial charge on any atom is -0.457 e. The lowest BCUT2D eigenvalue weighted by Gasteiger charge is -2.16.